The lowest BCUT2D eigenvalue weighted by molar-refractivity contribution is -0.121. The maximum Gasteiger partial charge on any atom is 0.166 e. The van der Waals surface area contributed by atoms with Crippen molar-refractivity contribution in [3.63, 3.8) is 0 Å². The molecule has 0 heterocycles. The summed E-state index contributed by atoms with van der Waals surface area (Å²) in [5.74, 6) is -0.240. The largest absolute Gasteiger partial charge is 0.309 e. The molecule has 0 aromatic heterocycles. The summed E-state index contributed by atoms with van der Waals surface area (Å²) in [4.78, 5) is 14.4. The molecule has 2 nitrogen and oxygen atoms in total. The van der Waals surface area contributed by atoms with E-state index < -0.39 is 5.41 Å². The van der Waals surface area contributed by atoms with Crippen molar-refractivity contribution < 1.29 is 9.18 Å². The predicted molar refractivity (Wildman–Crippen MR) is 74.6 cm³/mol. The zero-order chi connectivity index (χ0) is 13.9. The molecule has 1 aliphatic rings. The van der Waals surface area contributed by atoms with Gasteiger partial charge >= 0.3 is 0 Å². The molecule has 0 saturated carbocycles. The maximum absolute atomic E-state index is 14.1. The standard InChI is InChI=1S/C16H20FNO/c1-18(2)12-11-16(10-6-5-9-15(16)19)13-7-3-4-8-14(13)17/h3-5,7-9H,6,10-12H2,1-2H3. The highest BCUT2D eigenvalue weighted by Gasteiger charge is 2.40. The summed E-state index contributed by atoms with van der Waals surface area (Å²) < 4.78 is 14.1. The summed E-state index contributed by atoms with van der Waals surface area (Å²) in [6.45, 7) is 0.772. The van der Waals surface area contributed by atoms with E-state index in [4.69, 9.17) is 0 Å². The van der Waals surface area contributed by atoms with E-state index in [1.165, 1.54) is 6.07 Å². The van der Waals surface area contributed by atoms with Gasteiger partial charge in [-0.25, -0.2) is 4.39 Å². The predicted octanol–water partition coefficient (Wildman–Crippen LogP) is 2.93. The molecule has 19 heavy (non-hydrogen) atoms. The van der Waals surface area contributed by atoms with Crippen LogP contribution in [0.1, 0.15) is 24.8 Å². The molecule has 1 aromatic carbocycles. The monoisotopic (exact) mass is 261 g/mol. The van der Waals surface area contributed by atoms with Crippen LogP contribution in [-0.2, 0) is 10.2 Å². The van der Waals surface area contributed by atoms with Gasteiger partial charge in [0.05, 0.1) is 5.41 Å². The summed E-state index contributed by atoms with van der Waals surface area (Å²) in [7, 11) is 3.94. The number of allylic oxidation sites excluding steroid dienone is 2. The van der Waals surface area contributed by atoms with Gasteiger partial charge < -0.3 is 4.90 Å². The number of hydrogen-bond donors (Lipinski definition) is 0. The van der Waals surface area contributed by atoms with Crippen molar-refractivity contribution in [2.45, 2.75) is 24.7 Å². The van der Waals surface area contributed by atoms with Gasteiger partial charge in [0, 0.05) is 5.56 Å². The van der Waals surface area contributed by atoms with Gasteiger partial charge in [0.15, 0.2) is 5.78 Å². The Morgan fingerprint density at radius 3 is 2.68 bits per heavy atom. The molecule has 102 valence electrons. The molecule has 0 aliphatic heterocycles. The molecule has 0 saturated heterocycles. The van der Waals surface area contributed by atoms with Crippen molar-refractivity contribution in [3.8, 4) is 0 Å². The van der Waals surface area contributed by atoms with E-state index in [0.29, 0.717) is 18.4 Å². The number of carbonyl (C=O) groups is 1. The van der Waals surface area contributed by atoms with E-state index in [2.05, 4.69) is 0 Å². The third kappa shape index (κ3) is 2.76. The number of nitrogens with zero attached hydrogens (tertiary/aromatic N) is 1. The molecule has 0 fully saturated rings. The Morgan fingerprint density at radius 2 is 2.05 bits per heavy atom. The van der Waals surface area contributed by atoms with E-state index in [0.717, 1.165) is 13.0 Å². The molecule has 1 unspecified atom stereocenters. The highest BCUT2D eigenvalue weighted by atomic mass is 19.1. The van der Waals surface area contributed by atoms with Gasteiger partial charge in [0.1, 0.15) is 5.82 Å². The quantitative estimate of drug-likeness (QED) is 0.830. The Balaban J connectivity index is 2.42. The first kappa shape index (κ1) is 13.9. The van der Waals surface area contributed by atoms with Crippen molar-refractivity contribution in [3.05, 3.63) is 47.8 Å². The first-order valence-electron chi connectivity index (χ1n) is 6.67. The zero-order valence-corrected chi connectivity index (χ0v) is 11.5. The fourth-order valence-electron chi connectivity index (χ4n) is 2.72. The molecular formula is C16H20FNO. The molecule has 0 radical (unpaired) electrons. The average Bonchev–Trinajstić information content (AvgIpc) is 2.39. The number of ketones is 1. The molecule has 1 aliphatic carbocycles. The van der Waals surface area contributed by atoms with Crippen molar-refractivity contribution in [2.24, 2.45) is 0 Å². The number of rotatable bonds is 4. The van der Waals surface area contributed by atoms with Gasteiger partial charge in [-0.1, -0.05) is 24.3 Å². The molecule has 0 bridgehead atoms. The Bertz CT molecular complexity index is 495. The van der Waals surface area contributed by atoms with Crippen LogP contribution in [0, 0.1) is 5.82 Å². The van der Waals surface area contributed by atoms with Crippen LogP contribution in [0.3, 0.4) is 0 Å². The third-order valence-electron chi connectivity index (χ3n) is 3.85. The average molecular weight is 261 g/mol. The number of benzene rings is 1. The van der Waals surface area contributed by atoms with Gasteiger partial charge in [-0.2, -0.15) is 0 Å². The van der Waals surface area contributed by atoms with Crippen LogP contribution in [0.5, 0.6) is 0 Å². The summed E-state index contributed by atoms with van der Waals surface area (Å²) >= 11 is 0. The topological polar surface area (TPSA) is 20.3 Å². The number of hydrogen-bond acceptors (Lipinski definition) is 2. The zero-order valence-electron chi connectivity index (χ0n) is 11.5. The van der Waals surface area contributed by atoms with Crippen LogP contribution in [0.4, 0.5) is 4.39 Å². The molecule has 1 atom stereocenters. The highest BCUT2D eigenvalue weighted by Crippen LogP contribution is 2.38. The van der Waals surface area contributed by atoms with E-state index in [9.17, 15) is 9.18 Å². The van der Waals surface area contributed by atoms with E-state index in [-0.39, 0.29) is 11.6 Å². The third-order valence-corrected chi connectivity index (χ3v) is 3.85. The molecular weight excluding hydrogens is 241 g/mol. The minimum absolute atomic E-state index is 0.0331. The smallest absolute Gasteiger partial charge is 0.166 e. The second-order valence-corrected chi connectivity index (χ2v) is 5.42. The second-order valence-electron chi connectivity index (χ2n) is 5.42. The molecule has 0 N–H and O–H groups in total. The molecule has 2 rings (SSSR count). The van der Waals surface area contributed by atoms with Crippen LogP contribution in [0.15, 0.2) is 36.4 Å². The number of halogens is 1. The van der Waals surface area contributed by atoms with Gasteiger partial charge in [0.25, 0.3) is 0 Å². The lowest BCUT2D eigenvalue weighted by Crippen LogP contribution is -2.40. The lowest BCUT2D eigenvalue weighted by atomic mass is 9.68. The van der Waals surface area contributed by atoms with Crippen LogP contribution < -0.4 is 0 Å². The van der Waals surface area contributed by atoms with Gasteiger partial charge in [-0.05, 0) is 52.0 Å². The molecule has 1 aromatic rings. The molecule has 0 amide bonds. The summed E-state index contributed by atoms with van der Waals surface area (Å²) in [5.41, 5.74) is -0.143. The SMILES string of the molecule is CN(C)CCC1(c2ccccc2F)CCC=CC1=O. The summed E-state index contributed by atoms with van der Waals surface area (Å²) in [6.07, 6.45) is 5.68. The van der Waals surface area contributed by atoms with Crippen LogP contribution >= 0.6 is 0 Å². The fourth-order valence-corrected chi connectivity index (χ4v) is 2.72. The first-order valence-corrected chi connectivity index (χ1v) is 6.67. The maximum atomic E-state index is 14.1. The molecule has 0 spiro atoms. The second kappa shape index (κ2) is 5.66. The van der Waals surface area contributed by atoms with E-state index in [1.807, 2.05) is 25.1 Å². The van der Waals surface area contributed by atoms with Gasteiger partial charge in [-0.15, -0.1) is 0 Å². The van der Waals surface area contributed by atoms with Crippen LogP contribution in [0.2, 0.25) is 0 Å². The van der Waals surface area contributed by atoms with Crippen molar-refractivity contribution in [1.82, 2.24) is 4.90 Å². The van der Waals surface area contributed by atoms with Crippen molar-refractivity contribution >= 4 is 5.78 Å². The van der Waals surface area contributed by atoms with Crippen molar-refractivity contribution in [1.29, 1.82) is 0 Å². The number of carbonyl (C=O) groups excluding carboxylic acids is 1. The Kier molecular flexibility index (Phi) is 4.15. The van der Waals surface area contributed by atoms with E-state index >= 15 is 0 Å². The first-order chi connectivity index (χ1) is 9.06. The van der Waals surface area contributed by atoms with Gasteiger partial charge in [0.2, 0.25) is 0 Å². The Morgan fingerprint density at radius 1 is 1.32 bits per heavy atom. The fraction of sp³-hybridized carbons (Fsp3) is 0.438. The van der Waals surface area contributed by atoms with E-state index in [1.54, 1.807) is 24.3 Å². The summed E-state index contributed by atoms with van der Waals surface area (Å²) in [6, 6.07) is 6.67. The minimum atomic E-state index is -0.690. The molecule has 3 heteroatoms. The Labute approximate surface area is 113 Å². The van der Waals surface area contributed by atoms with Crippen LogP contribution in [-0.4, -0.2) is 31.3 Å². The lowest BCUT2D eigenvalue weighted by Gasteiger charge is -2.35. The minimum Gasteiger partial charge on any atom is -0.309 e. The van der Waals surface area contributed by atoms with Gasteiger partial charge in [-0.3, -0.25) is 4.79 Å². The Hall–Kier alpha value is -1.48. The summed E-state index contributed by atoms with van der Waals surface area (Å²) in [5, 5.41) is 0. The van der Waals surface area contributed by atoms with Crippen molar-refractivity contribution in [2.75, 3.05) is 20.6 Å². The van der Waals surface area contributed by atoms with Crippen LogP contribution in [0.25, 0.3) is 0 Å². The highest BCUT2D eigenvalue weighted by molar-refractivity contribution is 5.99. The normalized spacial score (nSPS) is 23.1.